The number of hydrogen-bond donors (Lipinski definition) is 1. The van der Waals surface area contributed by atoms with E-state index in [9.17, 15) is 14.4 Å². The topological polar surface area (TPSA) is 110 Å². The summed E-state index contributed by atoms with van der Waals surface area (Å²) in [6.45, 7) is 1.87. The molecule has 10 heteroatoms. The second-order valence-corrected chi connectivity index (χ2v) is 6.77. The van der Waals surface area contributed by atoms with Gasteiger partial charge in [0.2, 0.25) is 11.7 Å². The number of rotatable bonds is 9. The van der Waals surface area contributed by atoms with Crippen molar-refractivity contribution in [2.75, 3.05) is 33.3 Å². The molecule has 0 unspecified atom stereocenters. The fourth-order valence-corrected chi connectivity index (χ4v) is 3.26. The summed E-state index contributed by atoms with van der Waals surface area (Å²) < 4.78 is 23.6. The van der Waals surface area contributed by atoms with E-state index in [1.54, 1.807) is 36.4 Å². The van der Waals surface area contributed by atoms with E-state index in [-0.39, 0.29) is 6.54 Å². The SMILES string of the molecule is CCOc1ccccc1-n1ccn(CC(=O)Nc2cc(OC)c(OC)c(OC)c2)c(=O)c1=O. The zero-order valence-electron chi connectivity index (χ0n) is 18.8. The molecule has 1 amide bonds. The maximum absolute atomic E-state index is 12.7. The van der Waals surface area contributed by atoms with E-state index < -0.39 is 17.0 Å². The van der Waals surface area contributed by atoms with Crippen molar-refractivity contribution in [3.63, 3.8) is 0 Å². The molecular weight excluding hydrogens is 430 g/mol. The number of anilines is 1. The van der Waals surface area contributed by atoms with Crippen LogP contribution in [0.2, 0.25) is 0 Å². The van der Waals surface area contributed by atoms with E-state index in [1.807, 2.05) is 6.92 Å². The van der Waals surface area contributed by atoms with Crippen LogP contribution < -0.4 is 35.4 Å². The molecule has 174 valence electrons. The minimum absolute atomic E-state index is 0.361. The van der Waals surface area contributed by atoms with Gasteiger partial charge < -0.3 is 24.3 Å². The Morgan fingerprint density at radius 3 is 2.18 bits per heavy atom. The van der Waals surface area contributed by atoms with Gasteiger partial charge in [0.05, 0.1) is 33.6 Å². The number of amides is 1. The molecule has 3 rings (SSSR count). The summed E-state index contributed by atoms with van der Waals surface area (Å²) in [6.07, 6.45) is 2.80. The molecule has 33 heavy (non-hydrogen) atoms. The Morgan fingerprint density at radius 2 is 1.58 bits per heavy atom. The first-order valence-corrected chi connectivity index (χ1v) is 10.1. The molecule has 0 fully saturated rings. The lowest BCUT2D eigenvalue weighted by Crippen LogP contribution is -2.41. The van der Waals surface area contributed by atoms with Crippen molar-refractivity contribution in [2.45, 2.75) is 13.5 Å². The number of hydrogen-bond acceptors (Lipinski definition) is 7. The third-order valence-corrected chi connectivity index (χ3v) is 4.75. The van der Waals surface area contributed by atoms with Gasteiger partial charge in [0.25, 0.3) is 0 Å². The number of nitrogens with zero attached hydrogens (tertiary/aromatic N) is 2. The second-order valence-electron chi connectivity index (χ2n) is 6.77. The fourth-order valence-electron chi connectivity index (χ4n) is 3.26. The van der Waals surface area contributed by atoms with Crippen LogP contribution in [0.4, 0.5) is 5.69 Å². The molecule has 10 nitrogen and oxygen atoms in total. The first kappa shape index (κ1) is 23.5. The normalized spacial score (nSPS) is 10.4. The average Bonchev–Trinajstić information content (AvgIpc) is 2.82. The molecule has 0 aliphatic carbocycles. The van der Waals surface area contributed by atoms with Gasteiger partial charge in [-0.2, -0.15) is 0 Å². The van der Waals surface area contributed by atoms with Gasteiger partial charge in [0, 0.05) is 30.2 Å². The van der Waals surface area contributed by atoms with Crippen molar-refractivity contribution in [1.82, 2.24) is 9.13 Å². The summed E-state index contributed by atoms with van der Waals surface area (Å²) in [4.78, 5) is 38.0. The van der Waals surface area contributed by atoms with Crippen LogP contribution in [0.3, 0.4) is 0 Å². The summed E-state index contributed by atoms with van der Waals surface area (Å²) in [5, 5.41) is 2.67. The number of carbonyl (C=O) groups excluding carboxylic acids is 1. The monoisotopic (exact) mass is 455 g/mol. The van der Waals surface area contributed by atoms with E-state index in [2.05, 4.69) is 5.32 Å². The molecule has 0 spiro atoms. The molecule has 1 N–H and O–H groups in total. The van der Waals surface area contributed by atoms with Crippen molar-refractivity contribution >= 4 is 11.6 Å². The van der Waals surface area contributed by atoms with Gasteiger partial charge in [-0.05, 0) is 19.1 Å². The van der Waals surface area contributed by atoms with E-state index >= 15 is 0 Å². The fraction of sp³-hybridized carbons (Fsp3) is 0.261. The van der Waals surface area contributed by atoms with Crippen molar-refractivity contribution in [3.8, 4) is 28.7 Å². The van der Waals surface area contributed by atoms with E-state index in [1.165, 1.54) is 38.3 Å². The van der Waals surface area contributed by atoms with Gasteiger partial charge in [0.15, 0.2) is 11.5 Å². The van der Waals surface area contributed by atoms with Crippen LogP contribution in [0.15, 0.2) is 58.4 Å². The Kier molecular flexibility index (Phi) is 7.39. The molecule has 0 aliphatic heterocycles. The minimum atomic E-state index is -0.844. The standard InChI is InChI=1S/C23H25N3O7/c1-5-33-17-9-7-6-8-16(17)26-11-10-25(22(28)23(26)29)14-20(27)24-15-12-18(30-2)21(32-4)19(13-15)31-3/h6-13H,5,14H2,1-4H3,(H,24,27). The van der Waals surface area contributed by atoms with E-state index in [0.717, 1.165) is 4.57 Å². The van der Waals surface area contributed by atoms with Gasteiger partial charge in [-0.3, -0.25) is 23.5 Å². The smallest absolute Gasteiger partial charge is 0.321 e. The van der Waals surface area contributed by atoms with Crippen LogP contribution in [0.1, 0.15) is 6.92 Å². The molecule has 0 saturated heterocycles. The number of methoxy groups -OCH3 is 3. The molecule has 2 aromatic carbocycles. The number of benzene rings is 2. The van der Waals surface area contributed by atoms with Crippen LogP contribution >= 0.6 is 0 Å². The summed E-state index contributed by atoms with van der Waals surface area (Å²) in [5.41, 5.74) is -0.828. The highest BCUT2D eigenvalue weighted by Crippen LogP contribution is 2.39. The highest BCUT2D eigenvalue weighted by atomic mass is 16.5. The Balaban J connectivity index is 1.85. The van der Waals surface area contributed by atoms with Gasteiger partial charge >= 0.3 is 11.1 Å². The zero-order chi connectivity index (χ0) is 24.0. The molecule has 0 radical (unpaired) electrons. The van der Waals surface area contributed by atoms with Gasteiger partial charge in [-0.15, -0.1) is 0 Å². The maximum atomic E-state index is 12.7. The van der Waals surface area contributed by atoms with Crippen LogP contribution in [-0.4, -0.2) is 43.0 Å². The first-order chi connectivity index (χ1) is 15.9. The molecule has 0 bridgehead atoms. The molecule has 0 saturated carbocycles. The van der Waals surface area contributed by atoms with Gasteiger partial charge in [-0.1, -0.05) is 12.1 Å². The summed E-state index contributed by atoms with van der Waals surface area (Å²) in [7, 11) is 4.39. The number of aromatic nitrogens is 2. The van der Waals surface area contributed by atoms with Gasteiger partial charge in [0.1, 0.15) is 12.3 Å². The lowest BCUT2D eigenvalue weighted by molar-refractivity contribution is -0.116. The molecule has 0 aliphatic rings. The van der Waals surface area contributed by atoms with Crippen molar-refractivity contribution in [2.24, 2.45) is 0 Å². The highest BCUT2D eigenvalue weighted by molar-refractivity contribution is 5.91. The summed E-state index contributed by atoms with van der Waals surface area (Å²) in [5.74, 6) is 1.06. The zero-order valence-corrected chi connectivity index (χ0v) is 18.8. The molecule has 1 aromatic heterocycles. The lowest BCUT2D eigenvalue weighted by Gasteiger charge is -2.15. The predicted octanol–water partition coefficient (Wildman–Crippen LogP) is 2.06. The Bertz CT molecular complexity index is 1240. The van der Waals surface area contributed by atoms with Gasteiger partial charge in [-0.25, -0.2) is 0 Å². The number of para-hydroxylation sites is 2. The van der Waals surface area contributed by atoms with Crippen LogP contribution in [0.5, 0.6) is 23.0 Å². The molecular formula is C23H25N3O7. The third-order valence-electron chi connectivity index (χ3n) is 4.75. The molecule has 3 aromatic rings. The van der Waals surface area contributed by atoms with E-state index in [4.69, 9.17) is 18.9 Å². The molecule has 0 atom stereocenters. The van der Waals surface area contributed by atoms with Crippen LogP contribution in [-0.2, 0) is 11.3 Å². The minimum Gasteiger partial charge on any atom is -0.493 e. The Hall–Kier alpha value is -4.21. The molecule has 1 heterocycles. The van der Waals surface area contributed by atoms with Crippen molar-refractivity contribution < 1.29 is 23.7 Å². The number of nitrogens with one attached hydrogen (secondary N) is 1. The number of carbonyl (C=O) groups is 1. The average molecular weight is 455 g/mol. The van der Waals surface area contributed by atoms with Crippen molar-refractivity contribution in [3.05, 3.63) is 69.5 Å². The van der Waals surface area contributed by atoms with E-state index in [0.29, 0.717) is 41.0 Å². The summed E-state index contributed by atoms with van der Waals surface area (Å²) >= 11 is 0. The quantitative estimate of drug-likeness (QED) is 0.492. The largest absolute Gasteiger partial charge is 0.493 e. The summed E-state index contributed by atoms with van der Waals surface area (Å²) in [6, 6.07) is 10.0. The first-order valence-electron chi connectivity index (χ1n) is 10.1. The third kappa shape index (κ3) is 5.00. The predicted molar refractivity (Wildman–Crippen MR) is 122 cm³/mol. The highest BCUT2D eigenvalue weighted by Gasteiger charge is 2.16. The van der Waals surface area contributed by atoms with Crippen molar-refractivity contribution in [1.29, 1.82) is 0 Å². The Morgan fingerprint density at radius 1 is 0.909 bits per heavy atom. The Labute approximate surface area is 189 Å². The van der Waals surface area contributed by atoms with Crippen LogP contribution in [0, 0.1) is 0 Å². The maximum Gasteiger partial charge on any atom is 0.321 e. The second kappa shape index (κ2) is 10.4. The van der Waals surface area contributed by atoms with Crippen LogP contribution in [0.25, 0.3) is 5.69 Å². The lowest BCUT2D eigenvalue weighted by atomic mass is 10.2. The number of ether oxygens (including phenoxy) is 4.